The Hall–Kier alpha value is -1.02. The molecular weight excluding hydrogens is 198 g/mol. The lowest BCUT2D eigenvalue weighted by Gasteiger charge is -2.15. The molecule has 1 rings (SSSR count). The Balaban J connectivity index is 3.06. The topological polar surface area (TPSA) is 20.3 Å². The van der Waals surface area contributed by atoms with Crippen LogP contribution in [-0.4, -0.2) is 25.8 Å². The lowest BCUT2D eigenvalue weighted by atomic mass is 10.1. The first kappa shape index (κ1) is 11.1. The highest BCUT2D eigenvalue weighted by atomic mass is 35.5. The monoisotopic (exact) mass is 211 g/mol. The molecule has 0 saturated carbocycles. The first-order valence-electron chi connectivity index (χ1n) is 4.43. The van der Waals surface area contributed by atoms with Gasteiger partial charge in [0.15, 0.2) is 5.78 Å². The molecule has 1 aromatic carbocycles. The Kier molecular flexibility index (Phi) is 3.53. The molecule has 0 aliphatic rings. The van der Waals surface area contributed by atoms with Gasteiger partial charge in [-0.05, 0) is 30.7 Å². The van der Waals surface area contributed by atoms with E-state index >= 15 is 0 Å². The van der Waals surface area contributed by atoms with Crippen LogP contribution in [0.5, 0.6) is 0 Å². The van der Waals surface area contributed by atoms with Gasteiger partial charge in [0.2, 0.25) is 0 Å². The van der Waals surface area contributed by atoms with E-state index in [0.717, 1.165) is 11.3 Å². The summed E-state index contributed by atoms with van der Waals surface area (Å²) in [6, 6.07) is 5.63. The molecule has 0 aliphatic heterocycles. The van der Waals surface area contributed by atoms with Crippen LogP contribution >= 0.6 is 11.6 Å². The van der Waals surface area contributed by atoms with Crippen LogP contribution < -0.4 is 4.90 Å². The molecule has 0 aromatic heterocycles. The van der Waals surface area contributed by atoms with Gasteiger partial charge in [-0.3, -0.25) is 4.79 Å². The number of alkyl halides is 1. The van der Waals surface area contributed by atoms with Crippen molar-refractivity contribution in [2.24, 2.45) is 0 Å². The van der Waals surface area contributed by atoms with Crippen molar-refractivity contribution in [2.45, 2.75) is 6.92 Å². The SMILES string of the molecule is Cc1cc(C(=O)CCl)ccc1N(C)C. The molecule has 0 unspecified atom stereocenters. The van der Waals surface area contributed by atoms with Crippen molar-refractivity contribution in [3.8, 4) is 0 Å². The average Bonchev–Trinajstić information content (AvgIpc) is 2.15. The van der Waals surface area contributed by atoms with Crippen LogP contribution in [0, 0.1) is 6.92 Å². The van der Waals surface area contributed by atoms with Gasteiger partial charge in [0, 0.05) is 25.3 Å². The maximum atomic E-state index is 11.3. The molecular formula is C11H14ClNO. The molecule has 0 radical (unpaired) electrons. The number of anilines is 1. The Morgan fingerprint density at radius 3 is 2.50 bits per heavy atom. The molecule has 0 N–H and O–H groups in total. The number of hydrogen-bond donors (Lipinski definition) is 0. The Morgan fingerprint density at radius 2 is 2.07 bits per heavy atom. The van der Waals surface area contributed by atoms with Gasteiger partial charge in [0.1, 0.15) is 0 Å². The molecule has 76 valence electrons. The van der Waals surface area contributed by atoms with Gasteiger partial charge >= 0.3 is 0 Å². The third kappa shape index (κ3) is 2.26. The van der Waals surface area contributed by atoms with Crippen LogP contribution in [0.4, 0.5) is 5.69 Å². The number of carbonyl (C=O) groups excluding carboxylic acids is 1. The number of nitrogens with zero attached hydrogens (tertiary/aromatic N) is 1. The van der Waals surface area contributed by atoms with Crippen molar-refractivity contribution in [1.82, 2.24) is 0 Å². The molecule has 0 atom stereocenters. The van der Waals surface area contributed by atoms with Crippen molar-refractivity contribution in [2.75, 3.05) is 24.9 Å². The zero-order chi connectivity index (χ0) is 10.7. The summed E-state index contributed by atoms with van der Waals surface area (Å²) in [4.78, 5) is 13.3. The van der Waals surface area contributed by atoms with E-state index in [4.69, 9.17) is 11.6 Å². The maximum Gasteiger partial charge on any atom is 0.177 e. The molecule has 0 amide bonds. The minimum Gasteiger partial charge on any atom is -0.377 e. The molecule has 0 fully saturated rings. The van der Waals surface area contributed by atoms with Gasteiger partial charge in [0.05, 0.1) is 5.88 Å². The predicted molar refractivity (Wildman–Crippen MR) is 60.6 cm³/mol. The lowest BCUT2D eigenvalue weighted by Crippen LogP contribution is -2.11. The fraction of sp³-hybridized carbons (Fsp3) is 0.364. The van der Waals surface area contributed by atoms with Crippen molar-refractivity contribution in [1.29, 1.82) is 0 Å². The summed E-state index contributed by atoms with van der Waals surface area (Å²) >= 11 is 5.48. The molecule has 0 bridgehead atoms. The Bertz CT molecular complexity index is 347. The minimum absolute atomic E-state index is 0.0277. The third-order valence-electron chi connectivity index (χ3n) is 2.12. The number of aryl methyl sites for hydroxylation is 1. The molecule has 0 saturated heterocycles. The van der Waals surface area contributed by atoms with E-state index in [2.05, 4.69) is 0 Å². The normalized spacial score (nSPS) is 10.0. The Morgan fingerprint density at radius 1 is 1.43 bits per heavy atom. The van der Waals surface area contributed by atoms with E-state index in [0.29, 0.717) is 5.56 Å². The first-order valence-corrected chi connectivity index (χ1v) is 4.97. The number of halogens is 1. The maximum absolute atomic E-state index is 11.3. The smallest absolute Gasteiger partial charge is 0.177 e. The summed E-state index contributed by atoms with van der Waals surface area (Å²) in [5.41, 5.74) is 2.89. The molecule has 0 heterocycles. The molecule has 3 heteroatoms. The lowest BCUT2D eigenvalue weighted by molar-refractivity contribution is 0.102. The van der Waals surface area contributed by atoms with Crippen molar-refractivity contribution in [3.63, 3.8) is 0 Å². The minimum atomic E-state index is -0.0277. The van der Waals surface area contributed by atoms with Crippen LogP contribution in [0.3, 0.4) is 0 Å². The number of rotatable bonds is 3. The number of hydrogen-bond acceptors (Lipinski definition) is 2. The molecule has 0 spiro atoms. The van der Waals surface area contributed by atoms with Crippen LogP contribution in [0.25, 0.3) is 0 Å². The van der Waals surface area contributed by atoms with Gasteiger partial charge in [-0.15, -0.1) is 11.6 Å². The number of Topliss-reactive ketones (excluding diaryl/α,β-unsaturated/α-hetero) is 1. The Labute approximate surface area is 89.5 Å². The summed E-state index contributed by atoms with van der Waals surface area (Å²) in [5.74, 6) is 0.0147. The highest BCUT2D eigenvalue weighted by Gasteiger charge is 2.06. The average molecular weight is 212 g/mol. The van der Waals surface area contributed by atoms with Crippen molar-refractivity contribution >= 4 is 23.1 Å². The van der Waals surface area contributed by atoms with E-state index in [9.17, 15) is 4.79 Å². The molecule has 14 heavy (non-hydrogen) atoms. The highest BCUT2D eigenvalue weighted by molar-refractivity contribution is 6.30. The van der Waals surface area contributed by atoms with E-state index < -0.39 is 0 Å². The molecule has 0 aliphatic carbocycles. The van der Waals surface area contributed by atoms with Crippen molar-refractivity contribution in [3.05, 3.63) is 29.3 Å². The summed E-state index contributed by atoms with van der Waals surface area (Å²) < 4.78 is 0. The van der Waals surface area contributed by atoms with Crippen LogP contribution in [0.15, 0.2) is 18.2 Å². The molecule has 1 aromatic rings. The summed E-state index contributed by atoms with van der Waals surface area (Å²) in [6.07, 6.45) is 0. The molecule has 2 nitrogen and oxygen atoms in total. The van der Waals surface area contributed by atoms with Crippen LogP contribution in [0.1, 0.15) is 15.9 Å². The van der Waals surface area contributed by atoms with E-state index in [1.807, 2.05) is 44.1 Å². The first-order chi connectivity index (χ1) is 6.56. The van der Waals surface area contributed by atoms with E-state index in [-0.39, 0.29) is 11.7 Å². The van der Waals surface area contributed by atoms with Gasteiger partial charge in [0.25, 0.3) is 0 Å². The largest absolute Gasteiger partial charge is 0.377 e. The predicted octanol–water partition coefficient (Wildman–Crippen LogP) is 2.48. The quantitative estimate of drug-likeness (QED) is 0.566. The van der Waals surface area contributed by atoms with Gasteiger partial charge in [-0.2, -0.15) is 0 Å². The standard InChI is InChI=1S/C11H14ClNO/c1-8-6-9(11(14)7-12)4-5-10(8)13(2)3/h4-6H,7H2,1-3H3. The second kappa shape index (κ2) is 4.47. The van der Waals surface area contributed by atoms with Crippen molar-refractivity contribution < 1.29 is 4.79 Å². The zero-order valence-corrected chi connectivity index (χ0v) is 9.43. The van der Waals surface area contributed by atoms with E-state index in [1.54, 1.807) is 0 Å². The van der Waals surface area contributed by atoms with Gasteiger partial charge < -0.3 is 4.90 Å². The number of carbonyl (C=O) groups is 1. The zero-order valence-electron chi connectivity index (χ0n) is 8.67. The highest BCUT2D eigenvalue weighted by Crippen LogP contribution is 2.19. The second-order valence-corrected chi connectivity index (χ2v) is 3.72. The summed E-state index contributed by atoms with van der Waals surface area (Å²) in [7, 11) is 3.96. The second-order valence-electron chi connectivity index (χ2n) is 3.45. The third-order valence-corrected chi connectivity index (χ3v) is 2.36. The number of benzene rings is 1. The summed E-state index contributed by atoms with van der Waals surface area (Å²) in [6.45, 7) is 1.99. The van der Waals surface area contributed by atoms with Gasteiger partial charge in [-0.1, -0.05) is 0 Å². The fourth-order valence-electron chi connectivity index (χ4n) is 1.41. The van der Waals surface area contributed by atoms with Crippen LogP contribution in [0.2, 0.25) is 0 Å². The van der Waals surface area contributed by atoms with E-state index in [1.165, 1.54) is 0 Å². The fourth-order valence-corrected chi connectivity index (χ4v) is 1.56. The number of ketones is 1. The van der Waals surface area contributed by atoms with Gasteiger partial charge in [-0.25, -0.2) is 0 Å². The summed E-state index contributed by atoms with van der Waals surface area (Å²) in [5, 5.41) is 0. The van der Waals surface area contributed by atoms with Crippen LogP contribution in [-0.2, 0) is 0 Å².